The summed E-state index contributed by atoms with van der Waals surface area (Å²) < 4.78 is 23.1. The second-order valence-corrected chi connectivity index (χ2v) is 5.34. The molecule has 0 aromatic heterocycles. The summed E-state index contributed by atoms with van der Waals surface area (Å²) in [5, 5.41) is 2.34. The number of rotatable bonds is 5. The lowest BCUT2D eigenvalue weighted by molar-refractivity contribution is -0.119. The minimum Gasteiger partial charge on any atom is -0.496 e. The molecule has 0 bridgehead atoms. The van der Waals surface area contributed by atoms with Crippen molar-refractivity contribution in [3.63, 3.8) is 0 Å². The molecule has 0 heterocycles. The third kappa shape index (κ3) is 4.45. The first kappa shape index (κ1) is 17.7. The Balaban J connectivity index is 1.93. The Morgan fingerprint density at radius 2 is 1.96 bits per heavy atom. The summed E-state index contributed by atoms with van der Waals surface area (Å²) in [5.74, 6) is -1.25. The van der Waals surface area contributed by atoms with Gasteiger partial charge in [0.2, 0.25) is 0 Å². The number of nitrogens with one attached hydrogen (secondary N) is 1. The molecule has 5 nitrogen and oxygen atoms in total. The van der Waals surface area contributed by atoms with Crippen LogP contribution in [0.5, 0.6) is 5.75 Å². The lowest BCUT2D eigenvalue weighted by Gasteiger charge is -2.09. The van der Waals surface area contributed by atoms with Crippen molar-refractivity contribution in [3.05, 3.63) is 58.4 Å². The highest BCUT2D eigenvalue weighted by Gasteiger charge is 2.13. The van der Waals surface area contributed by atoms with E-state index in [9.17, 15) is 14.0 Å². The van der Waals surface area contributed by atoms with Crippen molar-refractivity contribution in [2.45, 2.75) is 6.92 Å². The predicted octanol–water partition coefficient (Wildman–Crippen LogP) is 3.59. The Bertz CT molecular complexity index is 779. The van der Waals surface area contributed by atoms with E-state index in [1.807, 2.05) is 6.92 Å². The van der Waals surface area contributed by atoms with Crippen molar-refractivity contribution in [1.29, 1.82) is 0 Å². The molecule has 24 heavy (non-hydrogen) atoms. The molecule has 2 rings (SSSR count). The van der Waals surface area contributed by atoms with E-state index in [-0.39, 0.29) is 10.6 Å². The molecule has 0 aliphatic carbocycles. The molecule has 0 saturated heterocycles. The molecule has 2 aromatic rings. The Morgan fingerprint density at radius 1 is 1.21 bits per heavy atom. The largest absolute Gasteiger partial charge is 0.496 e. The molecule has 0 spiro atoms. The minimum absolute atomic E-state index is 0.114. The number of ether oxygens (including phenoxy) is 2. The number of anilines is 1. The highest BCUT2D eigenvalue weighted by molar-refractivity contribution is 6.31. The average Bonchev–Trinajstić information content (AvgIpc) is 2.56. The Kier molecular flexibility index (Phi) is 5.76. The van der Waals surface area contributed by atoms with Gasteiger partial charge in [-0.25, -0.2) is 9.18 Å². The molecule has 0 atom stereocenters. The number of esters is 1. The van der Waals surface area contributed by atoms with Crippen LogP contribution in [0.1, 0.15) is 15.9 Å². The summed E-state index contributed by atoms with van der Waals surface area (Å²) in [6.07, 6.45) is 0. The smallest absolute Gasteiger partial charge is 0.338 e. The number of hydrogen-bond acceptors (Lipinski definition) is 4. The summed E-state index contributed by atoms with van der Waals surface area (Å²) in [6, 6.07) is 8.58. The molecule has 126 valence electrons. The molecular formula is C17H15ClFNO4. The van der Waals surface area contributed by atoms with E-state index >= 15 is 0 Å². The van der Waals surface area contributed by atoms with Crippen LogP contribution in [0, 0.1) is 12.7 Å². The number of benzene rings is 2. The maximum atomic E-state index is 13.0. The first-order valence-electron chi connectivity index (χ1n) is 6.97. The van der Waals surface area contributed by atoms with Gasteiger partial charge in [-0.1, -0.05) is 17.7 Å². The van der Waals surface area contributed by atoms with Gasteiger partial charge < -0.3 is 14.8 Å². The number of hydrogen-bond donors (Lipinski definition) is 1. The standard InChI is InChI=1S/C17H15ClFNO4/c1-10-3-4-11(7-15(10)23-2)17(22)24-9-16(21)20-12-5-6-14(19)13(18)8-12/h3-8H,9H2,1-2H3,(H,20,21). The van der Waals surface area contributed by atoms with Gasteiger partial charge in [-0.05, 0) is 42.8 Å². The third-order valence-corrected chi connectivity index (χ3v) is 3.47. The van der Waals surface area contributed by atoms with Crippen molar-refractivity contribution in [1.82, 2.24) is 0 Å². The van der Waals surface area contributed by atoms with E-state index < -0.39 is 24.3 Å². The normalized spacial score (nSPS) is 10.2. The fraction of sp³-hybridized carbons (Fsp3) is 0.176. The van der Waals surface area contributed by atoms with Crippen molar-refractivity contribution >= 4 is 29.2 Å². The third-order valence-electron chi connectivity index (χ3n) is 3.18. The van der Waals surface area contributed by atoms with E-state index in [1.165, 1.54) is 25.3 Å². The van der Waals surface area contributed by atoms with Crippen molar-refractivity contribution in [2.75, 3.05) is 19.0 Å². The van der Waals surface area contributed by atoms with Crippen molar-refractivity contribution in [2.24, 2.45) is 0 Å². The molecule has 0 radical (unpaired) electrons. The van der Waals surface area contributed by atoms with Crippen LogP contribution >= 0.6 is 11.6 Å². The van der Waals surface area contributed by atoms with Crippen LogP contribution in [0.2, 0.25) is 5.02 Å². The van der Waals surface area contributed by atoms with Crippen LogP contribution < -0.4 is 10.1 Å². The molecule has 0 aliphatic rings. The number of aryl methyl sites for hydroxylation is 1. The van der Waals surface area contributed by atoms with Gasteiger partial charge in [-0.2, -0.15) is 0 Å². The zero-order valence-electron chi connectivity index (χ0n) is 13.1. The van der Waals surface area contributed by atoms with E-state index in [0.717, 1.165) is 11.6 Å². The molecule has 7 heteroatoms. The summed E-state index contributed by atoms with van der Waals surface area (Å²) in [5.41, 5.74) is 1.45. The van der Waals surface area contributed by atoms with E-state index in [4.69, 9.17) is 21.1 Å². The number of halogens is 2. The predicted molar refractivity (Wildman–Crippen MR) is 88.1 cm³/mol. The van der Waals surface area contributed by atoms with Gasteiger partial charge in [-0.3, -0.25) is 4.79 Å². The molecule has 1 amide bonds. The molecule has 2 aromatic carbocycles. The van der Waals surface area contributed by atoms with Crippen LogP contribution in [0.15, 0.2) is 36.4 Å². The highest BCUT2D eigenvalue weighted by atomic mass is 35.5. The molecular weight excluding hydrogens is 337 g/mol. The average molecular weight is 352 g/mol. The lowest BCUT2D eigenvalue weighted by atomic mass is 10.1. The first-order chi connectivity index (χ1) is 11.4. The van der Waals surface area contributed by atoms with Crippen molar-refractivity contribution in [3.8, 4) is 5.75 Å². The van der Waals surface area contributed by atoms with Gasteiger partial charge in [-0.15, -0.1) is 0 Å². The SMILES string of the molecule is COc1cc(C(=O)OCC(=O)Nc2ccc(F)c(Cl)c2)ccc1C. The quantitative estimate of drug-likeness (QED) is 0.836. The van der Waals surface area contributed by atoms with Gasteiger partial charge in [0.1, 0.15) is 11.6 Å². The fourth-order valence-corrected chi connectivity index (χ4v) is 2.11. The second-order valence-electron chi connectivity index (χ2n) is 4.94. The van der Waals surface area contributed by atoms with E-state index in [1.54, 1.807) is 12.1 Å². The van der Waals surface area contributed by atoms with Gasteiger partial charge in [0.05, 0.1) is 17.7 Å². The van der Waals surface area contributed by atoms with E-state index in [0.29, 0.717) is 11.4 Å². The Labute approximate surface area is 143 Å². The monoisotopic (exact) mass is 351 g/mol. The Hall–Kier alpha value is -2.60. The zero-order chi connectivity index (χ0) is 17.7. The lowest BCUT2D eigenvalue weighted by Crippen LogP contribution is -2.21. The van der Waals surface area contributed by atoms with Crippen molar-refractivity contribution < 1.29 is 23.5 Å². The molecule has 0 fully saturated rings. The second kappa shape index (κ2) is 7.79. The minimum atomic E-state index is -0.652. The van der Waals surface area contributed by atoms with Crippen LogP contribution in [-0.4, -0.2) is 25.6 Å². The molecule has 0 aliphatic heterocycles. The zero-order valence-corrected chi connectivity index (χ0v) is 13.8. The summed E-state index contributed by atoms with van der Waals surface area (Å²) in [4.78, 5) is 23.7. The van der Waals surface area contributed by atoms with Gasteiger partial charge in [0, 0.05) is 5.69 Å². The first-order valence-corrected chi connectivity index (χ1v) is 7.35. The van der Waals surface area contributed by atoms with Crippen LogP contribution in [0.3, 0.4) is 0 Å². The van der Waals surface area contributed by atoms with Crippen LogP contribution in [-0.2, 0) is 9.53 Å². The van der Waals surface area contributed by atoms with Crippen LogP contribution in [0.25, 0.3) is 0 Å². The van der Waals surface area contributed by atoms with Crippen LogP contribution in [0.4, 0.5) is 10.1 Å². The van der Waals surface area contributed by atoms with E-state index in [2.05, 4.69) is 5.32 Å². The van der Waals surface area contributed by atoms with Gasteiger partial charge in [0.25, 0.3) is 5.91 Å². The fourth-order valence-electron chi connectivity index (χ4n) is 1.93. The van der Waals surface area contributed by atoms with Gasteiger partial charge >= 0.3 is 5.97 Å². The Morgan fingerprint density at radius 3 is 2.62 bits per heavy atom. The molecule has 0 saturated carbocycles. The maximum Gasteiger partial charge on any atom is 0.338 e. The maximum absolute atomic E-state index is 13.0. The van der Waals surface area contributed by atoms with Gasteiger partial charge in [0.15, 0.2) is 6.61 Å². The summed E-state index contributed by atoms with van der Waals surface area (Å²) in [6.45, 7) is 1.36. The summed E-state index contributed by atoms with van der Waals surface area (Å²) >= 11 is 5.62. The molecule has 0 unspecified atom stereocenters. The topological polar surface area (TPSA) is 64.6 Å². The number of carbonyl (C=O) groups excluding carboxylic acids is 2. The number of methoxy groups -OCH3 is 1. The number of amides is 1. The number of carbonyl (C=O) groups is 2. The highest BCUT2D eigenvalue weighted by Crippen LogP contribution is 2.20. The molecule has 1 N–H and O–H groups in total. The summed E-state index contributed by atoms with van der Waals surface area (Å²) in [7, 11) is 1.50.